The van der Waals surface area contributed by atoms with Gasteiger partial charge in [0, 0.05) is 13.1 Å². The molecule has 2 aromatic carbocycles. The van der Waals surface area contributed by atoms with E-state index in [-0.39, 0.29) is 0 Å². The molecule has 0 fully saturated rings. The van der Waals surface area contributed by atoms with E-state index in [0.717, 1.165) is 37.7 Å². The lowest BCUT2D eigenvalue weighted by molar-refractivity contribution is -0.154. The second kappa shape index (κ2) is 12.8. The van der Waals surface area contributed by atoms with Crippen molar-refractivity contribution in [2.24, 2.45) is 0 Å². The summed E-state index contributed by atoms with van der Waals surface area (Å²) in [7, 11) is -3.59. The molecule has 0 aliphatic carbocycles. The van der Waals surface area contributed by atoms with E-state index in [2.05, 4.69) is 6.92 Å². The molecule has 0 aromatic heterocycles. The number of carbonyl (C=O) groups is 1. The minimum Gasteiger partial charge on any atom is -0.478 e. The molecule has 0 radical (unpaired) electrons. The lowest BCUT2D eigenvalue weighted by Gasteiger charge is -2.25. The van der Waals surface area contributed by atoms with Gasteiger partial charge in [-0.15, -0.1) is 0 Å². The molecule has 0 bridgehead atoms. The van der Waals surface area contributed by atoms with Crippen LogP contribution in [-0.4, -0.2) is 42.5 Å². The molecule has 0 amide bonds. The van der Waals surface area contributed by atoms with E-state index in [1.54, 1.807) is 60.6 Å². The SMILES string of the molecule is CCCCCCCN(CCc1cccc(O[C@](C)(CC)C(=O)O)c1)S(=O)(=O)c1ccccc1. The fraction of sp³-hybridized carbons (Fsp3) is 0.500. The average Bonchev–Trinajstić information content (AvgIpc) is 2.81. The van der Waals surface area contributed by atoms with Crippen molar-refractivity contribution in [1.29, 1.82) is 0 Å². The minimum absolute atomic E-state index is 0.302. The largest absolute Gasteiger partial charge is 0.478 e. The molecule has 0 aliphatic rings. The smallest absolute Gasteiger partial charge is 0.347 e. The van der Waals surface area contributed by atoms with Crippen LogP contribution in [0.1, 0.15) is 64.9 Å². The highest BCUT2D eigenvalue weighted by molar-refractivity contribution is 7.89. The van der Waals surface area contributed by atoms with E-state index < -0.39 is 21.6 Å². The normalized spacial score (nSPS) is 13.6. The van der Waals surface area contributed by atoms with Crippen molar-refractivity contribution in [2.45, 2.75) is 76.2 Å². The maximum Gasteiger partial charge on any atom is 0.347 e. The number of benzene rings is 2. The summed E-state index contributed by atoms with van der Waals surface area (Å²) < 4.78 is 33.9. The van der Waals surface area contributed by atoms with Crippen molar-refractivity contribution in [3.63, 3.8) is 0 Å². The topological polar surface area (TPSA) is 83.9 Å². The number of ether oxygens (including phenoxy) is 1. The zero-order valence-corrected chi connectivity index (χ0v) is 20.8. The van der Waals surface area contributed by atoms with Gasteiger partial charge in [-0.25, -0.2) is 13.2 Å². The maximum atomic E-state index is 13.3. The highest BCUT2D eigenvalue weighted by Gasteiger charge is 2.33. The van der Waals surface area contributed by atoms with Crippen LogP contribution in [0.25, 0.3) is 0 Å². The summed E-state index contributed by atoms with van der Waals surface area (Å²) in [6, 6.07) is 15.8. The number of carboxylic acids is 1. The Morgan fingerprint density at radius 1 is 0.970 bits per heavy atom. The summed E-state index contributed by atoms with van der Waals surface area (Å²) >= 11 is 0. The van der Waals surface area contributed by atoms with Crippen LogP contribution in [0.3, 0.4) is 0 Å². The van der Waals surface area contributed by atoms with E-state index in [0.29, 0.717) is 36.6 Å². The molecule has 33 heavy (non-hydrogen) atoms. The molecule has 0 unspecified atom stereocenters. The number of nitrogens with zero attached hydrogens (tertiary/aromatic N) is 1. The van der Waals surface area contributed by atoms with Crippen molar-refractivity contribution in [2.75, 3.05) is 13.1 Å². The molecule has 2 rings (SSSR count). The van der Waals surface area contributed by atoms with E-state index in [1.165, 1.54) is 0 Å². The van der Waals surface area contributed by atoms with Gasteiger partial charge in [-0.3, -0.25) is 0 Å². The van der Waals surface area contributed by atoms with Crippen molar-refractivity contribution in [3.05, 3.63) is 60.2 Å². The maximum absolute atomic E-state index is 13.3. The lowest BCUT2D eigenvalue weighted by Crippen LogP contribution is -2.40. The predicted molar refractivity (Wildman–Crippen MR) is 131 cm³/mol. The summed E-state index contributed by atoms with van der Waals surface area (Å²) in [4.78, 5) is 11.9. The van der Waals surface area contributed by atoms with Crippen molar-refractivity contribution in [1.82, 2.24) is 4.31 Å². The van der Waals surface area contributed by atoms with Crippen LogP contribution in [0.5, 0.6) is 5.75 Å². The molecule has 0 spiro atoms. The fourth-order valence-electron chi connectivity index (χ4n) is 3.53. The van der Waals surface area contributed by atoms with Gasteiger partial charge in [0.15, 0.2) is 0 Å². The standard InChI is InChI=1S/C26H37NO5S/c1-4-6-7-8-12-19-27(33(30,31)24-16-10-9-11-17-24)20-18-22-14-13-15-23(21-22)32-26(3,5-2)25(28)29/h9-11,13-17,21H,4-8,12,18-20H2,1-3H3,(H,28,29)/t26-/m1/s1. The molecule has 182 valence electrons. The number of unbranched alkanes of at least 4 members (excludes halogenated alkanes) is 4. The first-order valence-electron chi connectivity index (χ1n) is 11.8. The number of aliphatic carboxylic acids is 1. The van der Waals surface area contributed by atoms with Crippen LogP contribution in [0, 0.1) is 0 Å². The zero-order chi connectivity index (χ0) is 24.3. The molecule has 0 saturated heterocycles. The average molecular weight is 476 g/mol. The van der Waals surface area contributed by atoms with E-state index >= 15 is 0 Å². The number of carboxylic acid groups (broad SMARTS) is 1. The first-order valence-corrected chi connectivity index (χ1v) is 13.2. The third kappa shape index (κ3) is 7.86. The first-order chi connectivity index (χ1) is 15.7. The molecule has 2 aromatic rings. The van der Waals surface area contributed by atoms with Crippen LogP contribution in [-0.2, 0) is 21.2 Å². The quantitative estimate of drug-likeness (QED) is 0.343. The van der Waals surface area contributed by atoms with Gasteiger partial charge >= 0.3 is 5.97 Å². The van der Waals surface area contributed by atoms with Crippen LogP contribution in [0.2, 0.25) is 0 Å². The molecule has 0 aliphatic heterocycles. The minimum atomic E-state index is -3.59. The summed E-state index contributed by atoms with van der Waals surface area (Å²) in [5.74, 6) is -0.546. The molecule has 1 atom stereocenters. The highest BCUT2D eigenvalue weighted by Crippen LogP contribution is 2.24. The van der Waals surface area contributed by atoms with Gasteiger partial charge in [-0.2, -0.15) is 4.31 Å². The molecular formula is C26H37NO5S. The Bertz CT molecular complexity index is 977. The number of sulfonamides is 1. The van der Waals surface area contributed by atoms with E-state index in [4.69, 9.17) is 4.74 Å². The summed E-state index contributed by atoms with van der Waals surface area (Å²) in [6.45, 7) is 6.30. The predicted octanol–water partition coefficient (Wildman–Crippen LogP) is 5.52. The Morgan fingerprint density at radius 3 is 2.30 bits per heavy atom. The van der Waals surface area contributed by atoms with Crippen LogP contribution in [0.15, 0.2) is 59.5 Å². The van der Waals surface area contributed by atoms with Gasteiger partial charge in [0.05, 0.1) is 4.90 Å². The van der Waals surface area contributed by atoms with Gasteiger partial charge in [0.2, 0.25) is 15.6 Å². The highest BCUT2D eigenvalue weighted by atomic mass is 32.2. The fourth-order valence-corrected chi connectivity index (χ4v) is 5.03. The molecule has 0 saturated carbocycles. The second-order valence-electron chi connectivity index (χ2n) is 8.52. The summed E-state index contributed by atoms with van der Waals surface area (Å²) in [5.41, 5.74) is -0.407. The van der Waals surface area contributed by atoms with Gasteiger partial charge in [-0.05, 0) is 56.0 Å². The van der Waals surface area contributed by atoms with Gasteiger partial charge in [0.1, 0.15) is 5.75 Å². The molecule has 1 N–H and O–H groups in total. The van der Waals surface area contributed by atoms with Crippen molar-refractivity contribution < 1.29 is 23.1 Å². The summed E-state index contributed by atoms with van der Waals surface area (Å²) in [6.07, 6.45) is 6.07. The van der Waals surface area contributed by atoms with Crippen LogP contribution >= 0.6 is 0 Å². The number of rotatable bonds is 15. The van der Waals surface area contributed by atoms with Crippen molar-refractivity contribution >= 4 is 16.0 Å². The Hall–Kier alpha value is -2.38. The van der Waals surface area contributed by atoms with Gasteiger partial charge in [-0.1, -0.05) is 69.9 Å². The molecular weight excluding hydrogens is 438 g/mol. The molecule has 0 heterocycles. The Morgan fingerprint density at radius 2 is 1.67 bits per heavy atom. The zero-order valence-electron chi connectivity index (χ0n) is 20.0. The van der Waals surface area contributed by atoms with Gasteiger partial charge in [0.25, 0.3) is 0 Å². The third-order valence-corrected chi connectivity index (χ3v) is 7.82. The number of hydrogen-bond acceptors (Lipinski definition) is 4. The number of hydrogen-bond donors (Lipinski definition) is 1. The monoisotopic (exact) mass is 475 g/mol. The Kier molecular flexibility index (Phi) is 10.4. The van der Waals surface area contributed by atoms with E-state index in [9.17, 15) is 18.3 Å². The Balaban J connectivity index is 2.14. The third-order valence-electron chi connectivity index (χ3n) is 5.91. The lowest BCUT2D eigenvalue weighted by atomic mass is 10.0. The molecule has 7 heteroatoms. The first kappa shape index (κ1) is 26.9. The van der Waals surface area contributed by atoms with Crippen molar-refractivity contribution in [3.8, 4) is 5.75 Å². The Labute approximate surface area is 198 Å². The van der Waals surface area contributed by atoms with Gasteiger partial charge < -0.3 is 9.84 Å². The second-order valence-corrected chi connectivity index (χ2v) is 10.5. The molecule has 6 nitrogen and oxygen atoms in total. The van der Waals surface area contributed by atoms with Crippen LogP contribution in [0.4, 0.5) is 0 Å². The van der Waals surface area contributed by atoms with Crippen LogP contribution < -0.4 is 4.74 Å². The summed E-state index contributed by atoms with van der Waals surface area (Å²) in [5, 5.41) is 9.48. The van der Waals surface area contributed by atoms with E-state index in [1.807, 2.05) is 12.1 Å².